The summed E-state index contributed by atoms with van der Waals surface area (Å²) in [6, 6.07) is 5.08. The van der Waals surface area contributed by atoms with Gasteiger partial charge in [-0.15, -0.1) is 11.6 Å². The van der Waals surface area contributed by atoms with Gasteiger partial charge in [-0.2, -0.15) is 4.31 Å². The Bertz CT molecular complexity index is 603. The van der Waals surface area contributed by atoms with Crippen LogP contribution in [0.1, 0.15) is 32.3 Å². The van der Waals surface area contributed by atoms with Gasteiger partial charge < -0.3 is 4.74 Å². The molecule has 1 aromatic carbocycles. The summed E-state index contributed by atoms with van der Waals surface area (Å²) < 4.78 is 32.8. The first kappa shape index (κ1) is 16.6. The molecule has 1 aliphatic heterocycles. The zero-order valence-corrected chi connectivity index (χ0v) is 14.2. The van der Waals surface area contributed by atoms with E-state index < -0.39 is 10.0 Å². The number of rotatable bonds is 4. The highest BCUT2D eigenvalue weighted by atomic mass is 35.5. The minimum absolute atomic E-state index is 0.00978. The molecule has 118 valence electrons. The van der Waals surface area contributed by atoms with Crippen molar-refractivity contribution in [2.75, 3.05) is 13.7 Å². The average Bonchev–Trinajstić information content (AvgIpc) is 2.48. The van der Waals surface area contributed by atoms with Crippen molar-refractivity contribution in [1.29, 1.82) is 0 Å². The Hall–Kier alpha value is -0.780. The van der Waals surface area contributed by atoms with E-state index in [0.717, 1.165) is 18.4 Å². The molecule has 0 saturated carbocycles. The Morgan fingerprint density at radius 3 is 2.67 bits per heavy atom. The van der Waals surface area contributed by atoms with Crippen LogP contribution in [0.3, 0.4) is 0 Å². The Morgan fingerprint density at radius 2 is 2.05 bits per heavy atom. The van der Waals surface area contributed by atoms with Crippen LogP contribution in [0.15, 0.2) is 23.1 Å². The fourth-order valence-corrected chi connectivity index (χ4v) is 4.87. The second kappa shape index (κ2) is 6.55. The molecule has 6 heteroatoms. The third-order valence-corrected chi connectivity index (χ3v) is 6.34. The highest BCUT2D eigenvalue weighted by molar-refractivity contribution is 7.89. The smallest absolute Gasteiger partial charge is 0.247 e. The van der Waals surface area contributed by atoms with E-state index in [9.17, 15) is 8.42 Å². The van der Waals surface area contributed by atoms with Crippen LogP contribution in [0.4, 0.5) is 0 Å². The monoisotopic (exact) mass is 331 g/mol. The number of sulfonamides is 1. The van der Waals surface area contributed by atoms with Crippen molar-refractivity contribution >= 4 is 21.6 Å². The van der Waals surface area contributed by atoms with E-state index in [-0.39, 0.29) is 16.8 Å². The van der Waals surface area contributed by atoms with E-state index in [0.29, 0.717) is 18.2 Å². The van der Waals surface area contributed by atoms with Crippen LogP contribution in [0, 0.1) is 5.92 Å². The molecule has 1 fully saturated rings. The predicted molar refractivity (Wildman–Crippen MR) is 84.3 cm³/mol. The van der Waals surface area contributed by atoms with Gasteiger partial charge in [0.2, 0.25) is 10.0 Å². The van der Waals surface area contributed by atoms with E-state index in [1.54, 1.807) is 22.5 Å². The summed E-state index contributed by atoms with van der Waals surface area (Å²) in [6.45, 7) is 4.60. The van der Waals surface area contributed by atoms with Gasteiger partial charge in [-0.25, -0.2) is 8.42 Å². The van der Waals surface area contributed by atoms with Crippen LogP contribution < -0.4 is 4.74 Å². The molecule has 0 spiro atoms. The molecule has 2 rings (SSSR count). The van der Waals surface area contributed by atoms with Crippen LogP contribution >= 0.6 is 11.6 Å². The Labute approximate surface area is 132 Å². The minimum Gasteiger partial charge on any atom is -0.495 e. The summed E-state index contributed by atoms with van der Waals surface area (Å²) in [5.74, 6) is 1.02. The van der Waals surface area contributed by atoms with Gasteiger partial charge in [-0.3, -0.25) is 0 Å². The van der Waals surface area contributed by atoms with Crippen LogP contribution in [-0.4, -0.2) is 32.4 Å². The first-order chi connectivity index (χ1) is 9.90. The number of hydrogen-bond donors (Lipinski definition) is 0. The van der Waals surface area contributed by atoms with Crippen LogP contribution in [0.2, 0.25) is 0 Å². The number of hydrogen-bond acceptors (Lipinski definition) is 3. The number of alkyl halides is 1. The van der Waals surface area contributed by atoms with Crippen molar-refractivity contribution in [1.82, 2.24) is 4.31 Å². The van der Waals surface area contributed by atoms with Gasteiger partial charge in [0.1, 0.15) is 10.6 Å². The maximum Gasteiger partial charge on any atom is 0.247 e. The molecule has 0 aliphatic carbocycles. The number of halogens is 1. The number of piperidine rings is 1. The SMILES string of the molecule is COc1ccc(CCl)cc1S(=O)(=O)N1CC(C)CCC1C. The molecule has 0 N–H and O–H groups in total. The lowest BCUT2D eigenvalue weighted by atomic mass is 9.97. The van der Waals surface area contributed by atoms with Crippen LogP contribution in [-0.2, 0) is 15.9 Å². The van der Waals surface area contributed by atoms with E-state index in [1.165, 1.54) is 7.11 Å². The van der Waals surface area contributed by atoms with Crippen molar-refractivity contribution in [2.45, 2.75) is 43.5 Å². The maximum absolute atomic E-state index is 13.0. The molecule has 4 nitrogen and oxygen atoms in total. The fraction of sp³-hybridized carbons (Fsp3) is 0.600. The number of ether oxygens (including phenoxy) is 1. The number of methoxy groups -OCH3 is 1. The number of nitrogens with zero attached hydrogens (tertiary/aromatic N) is 1. The van der Waals surface area contributed by atoms with Gasteiger partial charge in [0.15, 0.2) is 0 Å². The molecule has 0 bridgehead atoms. The Balaban J connectivity index is 2.47. The van der Waals surface area contributed by atoms with Crippen molar-refractivity contribution in [2.24, 2.45) is 5.92 Å². The fourth-order valence-electron chi connectivity index (χ4n) is 2.72. The molecular weight excluding hydrogens is 310 g/mol. The van der Waals surface area contributed by atoms with E-state index in [1.807, 2.05) is 6.92 Å². The highest BCUT2D eigenvalue weighted by Crippen LogP contribution is 2.33. The van der Waals surface area contributed by atoms with E-state index >= 15 is 0 Å². The molecular formula is C15H22ClNO3S. The van der Waals surface area contributed by atoms with Crippen molar-refractivity contribution < 1.29 is 13.2 Å². The summed E-state index contributed by atoms with van der Waals surface area (Å²) in [4.78, 5) is 0.212. The van der Waals surface area contributed by atoms with Crippen molar-refractivity contribution in [3.8, 4) is 5.75 Å². The Kier molecular flexibility index (Phi) is 5.17. The second-order valence-corrected chi connectivity index (χ2v) is 7.85. The van der Waals surface area contributed by atoms with Gasteiger partial charge in [0.25, 0.3) is 0 Å². The lowest BCUT2D eigenvalue weighted by Gasteiger charge is -2.35. The normalized spacial score (nSPS) is 24.0. The summed E-state index contributed by atoms with van der Waals surface area (Å²) >= 11 is 5.83. The van der Waals surface area contributed by atoms with Gasteiger partial charge in [-0.1, -0.05) is 13.0 Å². The molecule has 0 amide bonds. The van der Waals surface area contributed by atoms with Crippen LogP contribution in [0.5, 0.6) is 5.75 Å². The Morgan fingerprint density at radius 1 is 1.33 bits per heavy atom. The van der Waals surface area contributed by atoms with E-state index in [2.05, 4.69) is 6.92 Å². The lowest BCUT2D eigenvalue weighted by Crippen LogP contribution is -2.44. The van der Waals surface area contributed by atoms with Gasteiger partial charge >= 0.3 is 0 Å². The van der Waals surface area contributed by atoms with Gasteiger partial charge in [0, 0.05) is 18.5 Å². The summed E-state index contributed by atoms with van der Waals surface area (Å²) in [7, 11) is -2.09. The average molecular weight is 332 g/mol. The minimum atomic E-state index is -3.57. The molecule has 21 heavy (non-hydrogen) atoms. The van der Waals surface area contributed by atoms with E-state index in [4.69, 9.17) is 16.3 Å². The van der Waals surface area contributed by atoms with Crippen molar-refractivity contribution in [3.63, 3.8) is 0 Å². The third-order valence-electron chi connectivity index (χ3n) is 4.03. The highest BCUT2D eigenvalue weighted by Gasteiger charge is 2.35. The predicted octanol–water partition coefficient (Wildman–Crippen LogP) is 3.24. The second-order valence-electron chi connectivity index (χ2n) is 5.73. The van der Waals surface area contributed by atoms with Gasteiger partial charge in [-0.05, 0) is 43.4 Å². The largest absolute Gasteiger partial charge is 0.495 e. The first-order valence-electron chi connectivity index (χ1n) is 7.15. The molecule has 2 unspecified atom stereocenters. The molecule has 1 saturated heterocycles. The molecule has 0 radical (unpaired) electrons. The molecule has 1 aromatic rings. The zero-order chi connectivity index (χ0) is 15.6. The topological polar surface area (TPSA) is 46.6 Å². The maximum atomic E-state index is 13.0. The van der Waals surface area contributed by atoms with Crippen LogP contribution in [0.25, 0.3) is 0 Å². The zero-order valence-electron chi connectivity index (χ0n) is 12.7. The third kappa shape index (κ3) is 3.35. The number of benzene rings is 1. The molecule has 1 aliphatic rings. The van der Waals surface area contributed by atoms with Gasteiger partial charge in [0.05, 0.1) is 7.11 Å². The summed E-state index contributed by atoms with van der Waals surface area (Å²) in [5.41, 5.74) is 0.772. The standard InChI is InChI=1S/C15H22ClNO3S/c1-11-4-5-12(2)17(10-11)21(18,19)15-8-13(9-16)6-7-14(15)20-3/h6-8,11-12H,4-5,9-10H2,1-3H3. The summed E-state index contributed by atoms with van der Waals surface area (Å²) in [6.07, 6.45) is 1.95. The molecule has 2 atom stereocenters. The molecule has 0 aromatic heterocycles. The van der Waals surface area contributed by atoms with Crippen molar-refractivity contribution in [3.05, 3.63) is 23.8 Å². The lowest BCUT2D eigenvalue weighted by molar-refractivity contribution is 0.217. The summed E-state index contributed by atoms with van der Waals surface area (Å²) in [5, 5.41) is 0. The first-order valence-corrected chi connectivity index (χ1v) is 9.12. The molecule has 1 heterocycles. The quantitative estimate of drug-likeness (QED) is 0.796.